The number of aromatic nitrogens is 2. The number of nitrogens with one attached hydrogen (secondary N) is 3. The molecule has 3 heterocycles. The molecule has 1 unspecified atom stereocenters. The van der Waals surface area contributed by atoms with Crippen LogP contribution in [0.3, 0.4) is 0 Å². The number of nitrogen functional groups attached to an aromatic ring is 1. The van der Waals surface area contributed by atoms with Crippen LogP contribution < -0.4 is 16.4 Å². The molecule has 1 saturated heterocycles. The summed E-state index contributed by atoms with van der Waals surface area (Å²) in [5, 5.41) is 5.53. The van der Waals surface area contributed by atoms with Crippen molar-refractivity contribution in [2.24, 2.45) is 0 Å². The van der Waals surface area contributed by atoms with Gasteiger partial charge in [0.05, 0.1) is 30.8 Å². The Labute approximate surface area is 256 Å². The van der Waals surface area contributed by atoms with Crippen molar-refractivity contribution in [1.82, 2.24) is 14.9 Å². The van der Waals surface area contributed by atoms with E-state index in [1.807, 2.05) is 0 Å². The fourth-order valence-electron chi connectivity index (χ4n) is 5.51. The number of halogens is 3. The van der Waals surface area contributed by atoms with Crippen LogP contribution in [0.25, 0.3) is 11.3 Å². The van der Waals surface area contributed by atoms with Crippen LogP contribution in [0.2, 0.25) is 5.02 Å². The van der Waals surface area contributed by atoms with Crippen molar-refractivity contribution in [2.75, 3.05) is 37.1 Å². The number of imidazole rings is 1. The fourth-order valence-corrected chi connectivity index (χ4v) is 5.68. The second-order valence-corrected chi connectivity index (χ2v) is 10.8. The molecule has 5 rings (SSSR count). The average molecular weight is 633 g/mol. The van der Waals surface area contributed by atoms with Gasteiger partial charge in [-0.25, -0.2) is 28.1 Å². The van der Waals surface area contributed by atoms with E-state index in [2.05, 4.69) is 20.4 Å². The Morgan fingerprint density at radius 1 is 1.14 bits per heavy atom. The van der Waals surface area contributed by atoms with Gasteiger partial charge < -0.3 is 30.2 Å². The summed E-state index contributed by atoms with van der Waals surface area (Å²) in [6.07, 6.45) is -0.565. The number of cyclic esters (lactones) is 1. The number of fused-ring (bicyclic) bond motifs is 4. The number of anilines is 3. The molecule has 3 aromatic rings. The molecule has 3 atom stereocenters. The first kappa shape index (κ1) is 30.9. The molecule has 2 bridgehead atoms. The number of carbonyl (C=O) groups is 3. The van der Waals surface area contributed by atoms with Crippen molar-refractivity contribution in [3.8, 4) is 11.3 Å². The minimum Gasteiger partial charge on any atom is -0.467 e. The fraction of sp³-hybridized carbons (Fsp3) is 0.379. The highest BCUT2D eigenvalue weighted by atomic mass is 35.5. The summed E-state index contributed by atoms with van der Waals surface area (Å²) in [4.78, 5) is 47.2. The average Bonchev–Trinajstić information content (AvgIpc) is 3.39. The quantitative estimate of drug-likeness (QED) is 0.155. The van der Waals surface area contributed by atoms with E-state index in [0.717, 1.165) is 12.1 Å². The molecule has 2 amide bonds. The van der Waals surface area contributed by atoms with E-state index in [1.165, 1.54) is 19.1 Å². The van der Waals surface area contributed by atoms with Crippen molar-refractivity contribution < 1.29 is 37.4 Å². The van der Waals surface area contributed by atoms with Gasteiger partial charge in [0.15, 0.2) is 5.82 Å². The van der Waals surface area contributed by atoms with Crippen molar-refractivity contribution in [2.45, 2.75) is 50.3 Å². The van der Waals surface area contributed by atoms with Crippen LogP contribution in [0.1, 0.15) is 55.6 Å². The van der Waals surface area contributed by atoms with Crippen molar-refractivity contribution in [3.63, 3.8) is 0 Å². The standard InChI is InChI=1S/C29H31ClF2N6O6/c1-42-27(39)18-5-3-4-6-20(38-12-11-21(44-29(38)41)22-17(31)10-9-16(30)23(22)32)26-36-24(25(33)37-26)15-8-7-14(13-19(15)35-18)34-28(40)43-2/h7-10,13,18,20-21,35H,3-6,11-12,33H2,1-2H3,(H,34,40)(H,36,37)/t18-,20+,21?/m1/s1. The summed E-state index contributed by atoms with van der Waals surface area (Å²) >= 11 is 5.86. The smallest absolute Gasteiger partial charge is 0.411 e. The Balaban J connectivity index is 1.49. The monoisotopic (exact) mass is 632 g/mol. The minimum atomic E-state index is -1.16. The number of methoxy groups -OCH3 is 2. The molecular formula is C29H31ClF2N6O6. The lowest BCUT2D eigenvalue weighted by Crippen LogP contribution is -2.42. The minimum absolute atomic E-state index is 0.104. The molecule has 44 heavy (non-hydrogen) atoms. The van der Waals surface area contributed by atoms with Gasteiger partial charge in [0.2, 0.25) is 0 Å². The molecular weight excluding hydrogens is 602 g/mol. The number of carbonyl (C=O) groups excluding carboxylic acids is 3. The Kier molecular flexibility index (Phi) is 9.09. The Hall–Kier alpha value is -4.59. The Bertz CT molecular complexity index is 1590. The number of aromatic amines is 1. The maximum atomic E-state index is 14.7. The first-order chi connectivity index (χ1) is 21.1. The van der Waals surface area contributed by atoms with E-state index in [0.29, 0.717) is 54.1 Å². The van der Waals surface area contributed by atoms with Crippen LogP contribution >= 0.6 is 11.6 Å². The number of hydrogen-bond acceptors (Lipinski definition) is 9. The van der Waals surface area contributed by atoms with Gasteiger partial charge in [-0.05, 0) is 43.2 Å². The summed E-state index contributed by atoms with van der Waals surface area (Å²) in [6, 6.07) is 5.68. The number of nitrogens with two attached hydrogens (primary N) is 1. The molecule has 0 spiro atoms. The van der Waals surface area contributed by atoms with Gasteiger partial charge in [-0.15, -0.1) is 0 Å². The van der Waals surface area contributed by atoms with Gasteiger partial charge in [-0.1, -0.05) is 24.4 Å². The van der Waals surface area contributed by atoms with E-state index >= 15 is 0 Å². The van der Waals surface area contributed by atoms with Crippen molar-refractivity contribution in [1.29, 1.82) is 0 Å². The predicted octanol–water partition coefficient (Wildman–Crippen LogP) is 5.92. The molecule has 5 N–H and O–H groups in total. The highest BCUT2D eigenvalue weighted by molar-refractivity contribution is 6.30. The number of rotatable bonds is 4. The van der Waals surface area contributed by atoms with E-state index < -0.39 is 53.5 Å². The molecule has 1 fully saturated rings. The van der Waals surface area contributed by atoms with Crippen LogP contribution in [0.15, 0.2) is 30.3 Å². The van der Waals surface area contributed by atoms with Crippen molar-refractivity contribution >= 4 is 46.9 Å². The summed E-state index contributed by atoms with van der Waals surface area (Å²) < 4.78 is 44.5. The third kappa shape index (κ3) is 6.20. The molecule has 12 nitrogen and oxygen atoms in total. The Morgan fingerprint density at radius 2 is 1.91 bits per heavy atom. The summed E-state index contributed by atoms with van der Waals surface area (Å²) in [7, 11) is 2.53. The highest BCUT2D eigenvalue weighted by Crippen LogP contribution is 2.40. The molecule has 15 heteroatoms. The Morgan fingerprint density at radius 3 is 2.64 bits per heavy atom. The molecule has 0 saturated carbocycles. The number of nitrogens with zero attached hydrogens (tertiary/aromatic N) is 2. The largest absolute Gasteiger partial charge is 0.467 e. The van der Waals surface area contributed by atoms with E-state index in [4.69, 9.17) is 31.8 Å². The van der Waals surface area contributed by atoms with Gasteiger partial charge in [0, 0.05) is 29.9 Å². The maximum absolute atomic E-state index is 14.7. The SMILES string of the molecule is COC(=O)Nc1ccc2c(c1)N[C@@H](C(=O)OC)CCCC[C@H](N1CCC(c3c(F)ccc(Cl)c3F)OC1=O)c1nc-2c(N)[nH]1. The zero-order chi connectivity index (χ0) is 31.5. The molecule has 0 aliphatic carbocycles. The number of amides is 2. The summed E-state index contributed by atoms with van der Waals surface area (Å²) in [5.41, 5.74) is 7.70. The molecule has 1 aromatic heterocycles. The third-order valence-electron chi connectivity index (χ3n) is 7.70. The number of benzene rings is 2. The highest BCUT2D eigenvalue weighted by Gasteiger charge is 2.38. The zero-order valence-electron chi connectivity index (χ0n) is 23.9. The van der Waals surface area contributed by atoms with Crippen LogP contribution in [0.4, 0.5) is 35.6 Å². The maximum Gasteiger partial charge on any atom is 0.411 e. The molecule has 0 radical (unpaired) electrons. The van der Waals surface area contributed by atoms with E-state index in [-0.39, 0.29) is 23.8 Å². The second kappa shape index (κ2) is 13.0. The first-order valence-corrected chi connectivity index (χ1v) is 14.3. The predicted molar refractivity (Wildman–Crippen MR) is 157 cm³/mol. The number of H-pyrrole nitrogens is 1. The van der Waals surface area contributed by atoms with Gasteiger partial charge in [-0.3, -0.25) is 10.2 Å². The van der Waals surface area contributed by atoms with Gasteiger partial charge in [-0.2, -0.15) is 0 Å². The normalized spacial score (nSPS) is 20.2. The molecule has 234 valence electrons. The van der Waals surface area contributed by atoms with E-state index in [1.54, 1.807) is 18.2 Å². The first-order valence-electron chi connectivity index (χ1n) is 13.9. The van der Waals surface area contributed by atoms with Gasteiger partial charge in [0.1, 0.15) is 35.3 Å². The number of ether oxygens (including phenoxy) is 3. The van der Waals surface area contributed by atoms with Crippen LogP contribution in [-0.2, 0) is 19.0 Å². The lowest BCUT2D eigenvalue weighted by Gasteiger charge is -2.36. The number of hydrogen-bond donors (Lipinski definition) is 4. The molecule has 2 aliphatic heterocycles. The number of esters is 1. The summed E-state index contributed by atoms with van der Waals surface area (Å²) in [6.45, 7) is 0.112. The lowest BCUT2D eigenvalue weighted by atomic mass is 10.00. The topological polar surface area (TPSA) is 161 Å². The van der Waals surface area contributed by atoms with Gasteiger partial charge >= 0.3 is 18.2 Å². The van der Waals surface area contributed by atoms with Crippen molar-refractivity contribution in [3.05, 3.63) is 58.4 Å². The zero-order valence-corrected chi connectivity index (χ0v) is 24.7. The van der Waals surface area contributed by atoms with Gasteiger partial charge in [0.25, 0.3) is 0 Å². The van der Waals surface area contributed by atoms with Crippen LogP contribution in [0, 0.1) is 11.6 Å². The lowest BCUT2D eigenvalue weighted by molar-refractivity contribution is -0.141. The van der Waals surface area contributed by atoms with E-state index in [9.17, 15) is 23.2 Å². The molecule has 2 aliphatic rings. The summed E-state index contributed by atoms with van der Waals surface area (Å²) in [5.74, 6) is -1.73. The third-order valence-corrected chi connectivity index (χ3v) is 7.99. The van der Waals surface area contributed by atoms with Crippen LogP contribution in [0.5, 0.6) is 0 Å². The molecule has 2 aromatic carbocycles. The van der Waals surface area contributed by atoms with Crippen LogP contribution in [-0.4, -0.2) is 59.8 Å². The second-order valence-electron chi connectivity index (χ2n) is 10.4.